The molecule has 5 unspecified atom stereocenters. The molecule has 1 aromatic carbocycles. The van der Waals surface area contributed by atoms with Gasteiger partial charge < -0.3 is 4.57 Å². The summed E-state index contributed by atoms with van der Waals surface area (Å²) < 4.78 is 5.05. The minimum Gasteiger partial charge on any atom is -0.317 e. The van der Waals surface area contributed by atoms with E-state index >= 15 is 0 Å². The molecule has 4 aliphatic carbocycles. The lowest BCUT2D eigenvalue weighted by molar-refractivity contribution is 0.240. The van der Waals surface area contributed by atoms with Crippen LogP contribution in [0.15, 0.2) is 39.9 Å². The number of benzene rings is 1. The Hall–Kier alpha value is -3.14. The first kappa shape index (κ1) is 21.4. The lowest BCUT2D eigenvalue weighted by Gasteiger charge is -2.32. The summed E-state index contributed by atoms with van der Waals surface area (Å²) in [6.07, 6.45) is 6.02. The molecule has 4 saturated carbocycles. The molecular formula is C27H31N5O2. The van der Waals surface area contributed by atoms with Crippen LogP contribution in [0.4, 0.5) is 0 Å². The van der Waals surface area contributed by atoms with Crippen molar-refractivity contribution in [3.05, 3.63) is 62.6 Å². The second kappa shape index (κ2) is 8.26. The molecule has 0 saturated heterocycles. The first-order chi connectivity index (χ1) is 16.6. The van der Waals surface area contributed by atoms with Crippen LogP contribution in [-0.4, -0.2) is 18.7 Å². The van der Waals surface area contributed by atoms with Gasteiger partial charge in [-0.05, 0) is 61.3 Å². The van der Waals surface area contributed by atoms with Crippen molar-refractivity contribution in [2.45, 2.75) is 71.0 Å². The molecule has 7 nitrogen and oxygen atoms in total. The topological polar surface area (TPSA) is 85.6 Å². The second-order valence-electron chi connectivity index (χ2n) is 10.5. The minimum absolute atomic E-state index is 0.207. The molecule has 4 aliphatic rings. The molecule has 2 heterocycles. The van der Waals surface area contributed by atoms with Gasteiger partial charge in [-0.3, -0.25) is 13.9 Å². The average molecular weight is 458 g/mol. The van der Waals surface area contributed by atoms with Gasteiger partial charge in [0.15, 0.2) is 11.2 Å². The average Bonchev–Trinajstić information content (AvgIpc) is 3.42. The predicted molar refractivity (Wildman–Crippen MR) is 129 cm³/mol. The zero-order chi connectivity index (χ0) is 23.4. The first-order valence-corrected chi connectivity index (χ1v) is 12.7. The van der Waals surface area contributed by atoms with Gasteiger partial charge in [0.2, 0.25) is 0 Å². The van der Waals surface area contributed by atoms with E-state index in [-0.39, 0.29) is 24.2 Å². The van der Waals surface area contributed by atoms with E-state index in [1.807, 2.05) is 25.1 Å². The quantitative estimate of drug-likeness (QED) is 0.539. The standard InChI is InChI=1S/C27H31N5O2/c1-2-10-31-26(33)23-25(30(27(31)34)11-6-9-28)29-24(32(23)16-17-7-4-3-5-8-17)22-20-13-18-12-19(15-20)21(22)14-18/h3-5,7-8,18-22H,2,6,10-16H2,1H3. The number of rotatable bonds is 7. The maximum absolute atomic E-state index is 13.7. The Bertz CT molecular complexity index is 1390. The van der Waals surface area contributed by atoms with Gasteiger partial charge >= 0.3 is 5.69 Å². The Labute approximate surface area is 198 Å². The van der Waals surface area contributed by atoms with Gasteiger partial charge in [0, 0.05) is 25.6 Å². The van der Waals surface area contributed by atoms with Crippen molar-refractivity contribution in [2.24, 2.45) is 23.7 Å². The van der Waals surface area contributed by atoms with E-state index in [9.17, 15) is 14.9 Å². The molecule has 7 rings (SSSR count). The fourth-order valence-corrected chi connectivity index (χ4v) is 7.41. The fourth-order valence-electron chi connectivity index (χ4n) is 7.41. The van der Waals surface area contributed by atoms with Crippen LogP contribution in [0.3, 0.4) is 0 Å². The molecule has 4 fully saturated rings. The largest absolute Gasteiger partial charge is 0.332 e. The van der Waals surface area contributed by atoms with Gasteiger partial charge in [-0.15, -0.1) is 0 Å². The third-order valence-electron chi connectivity index (χ3n) is 8.58. The summed E-state index contributed by atoms with van der Waals surface area (Å²) in [7, 11) is 0. The van der Waals surface area contributed by atoms with Gasteiger partial charge in [-0.1, -0.05) is 37.3 Å². The SMILES string of the molecule is CCCn1c(=O)c2c(nc(C3C4CC5CC(C4)C3C5)n2Cc2ccccc2)n(CCC#N)c1=O. The van der Waals surface area contributed by atoms with Crippen molar-refractivity contribution < 1.29 is 0 Å². The summed E-state index contributed by atoms with van der Waals surface area (Å²) in [5.74, 6) is 4.20. The number of hydrogen-bond donors (Lipinski definition) is 0. The number of aromatic nitrogens is 4. The van der Waals surface area contributed by atoms with E-state index in [0.717, 1.165) is 23.2 Å². The number of hydrogen-bond acceptors (Lipinski definition) is 4. The number of aryl methyl sites for hydroxylation is 1. The molecule has 0 N–H and O–H groups in total. The zero-order valence-electron chi connectivity index (χ0n) is 19.7. The zero-order valence-corrected chi connectivity index (χ0v) is 19.7. The molecular weight excluding hydrogens is 426 g/mol. The van der Waals surface area contributed by atoms with Crippen LogP contribution in [-0.2, 0) is 19.6 Å². The molecule has 0 amide bonds. The fraction of sp³-hybridized carbons (Fsp3) is 0.556. The summed E-state index contributed by atoms with van der Waals surface area (Å²) in [5, 5.41) is 9.23. The first-order valence-electron chi connectivity index (χ1n) is 12.7. The smallest absolute Gasteiger partial charge is 0.317 e. The molecule has 0 aliphatic heterocycles. The molecule has 0 radical (unpaired) electrons. The van der Waals surface area contributed by atoms with Crippen LogP contribution < -0.4 is 11.2 Å². The van der Waals surface area contributed by atoms with Crippen molar-refractivity contribution in [3.8, 4) is 6.07 Å². The number of nitriles is 1. The monoisotopic (exact) mass is 457 g/mol. The summed E-state index contributed by atoms with van der Waals surface area (Å²) in [6, 6.07) is 12.4. The van der Waals surface area contributed by atoms with Gasteiger partial charge in [0.1, 0.15) is 5.82 Å². The number of fused-ring (bicyclic) bond motifs is 1. The van der Waals surface area contributed by atoms with E-state index in [4.69, 9.17) is 4.98 Å². The third kappa shape index (κ3) is 3.19. The van der Waals surface area contributed by atoms with Crippen LogP contribution in [0.5, 0.6) is 0 Å². The summed E-state index contributed by atoms with van der Waals surface area (Å²) in [6.45, 7) is 3.15. The van der Waals surface area contributed by atoms with Crippen molar-refractivity contribution in [3.63, 3.8) is 0 Å². The van der Waals surface area contributed by atoms with Crippen molar-refractivity contribution in [1.29, 1.82) is 5.26 Å². The highest BCUT2D eigenvalue weighted by molar-refractivity contribution is 5.71. The predicted octanol–water partition coefficient (Wildman–Crippen LogP) is 3.88. The third-order valence-corrected chi connectivity index (χ3v) is 8.58. The molecule has 5 atom stereocenters. The normalized spacial score (nSPS) is 27.0. The van der Waals surface area contributed by atoms with Crippen LogP contribution in [0.2, 0.25) is 0 Å². The highest BCUT2D eigenvalue weighted by atomic mass is 16.2. The van der Waals surface area contributed by atoms with E-state index < -0.39 is 0 Å². The maximum atomic E-state index is 13.7. The van der Waals surface area contributed by atoms with Crippen molar-refractivity contribution in [2.75, 3.05) is 0 Å². The van der Waals surface area contributed by atoms with E-state index in [1.54, 1.807) is 4.57 Å². The molecule has 7 heteroatoms. The van der Waals surface area contributed by atoms with Gasteiger partial charge in [0.05, 0.1) is 12.5 Å². The van der Waals surface area contributed by atoms with Gasteiger partial charge in [-0.2, -0.15) is 5.26 Å². The summed E-state index contributed by atoms with van der Waals surface area (Å²) >= 11 is 0. The number of nitrogens with zero attached hydrogens (tertiary/aromatic N) is 5. The van der Waals surface area contributed by atoms with Crippen LogP contribution in [0.1, 0.15) is 62.8 Å². The Morgan fingerprint density at radius 1 is 1.00 bits per heavy atom. The Morgan fingerprint density at radius 3 is 2.53 bits per heavy atom. The molecule has 34 heavy (non-hydrogen) atoms. The summed E-state index contributed by atoms with van der Waals surface area (Å²) in [4.78, 5) is 32.2. The maximum Gasteiger partial charge on any atom is 0.332 e. The summed E-state index contributed by atoms with van der Waals surface area (Å²) in [5.41, 5.74) is 1.49. The Kier molecular flexibility index (Phi) is 5.20. The van der Waals surface area contributed by atoms with Crippen LogP contribution in [0, 0.1) is 35.0 Å². The molecule has 4 bridgehead atoms. The molecule has 176 valence electrons. The van der Waals surface area contributed by atoms with E-state index in [2.05, 4.69) is 22.8 Å². The molecule has 2 aromatic heterocycles. The lowest BCUT2D eigenvalue weighted by Crippen LogP contribution is -2.40. The lowest BCUT2D eigenvalue weighted by atomic mass is 9.75. The molecule has 0 spiro atoms. The van der Waals surface area contributed by atoms with E-state index in [1.165, 1.54) is 30.3 Å². The van der Waals surface area contributed by atoms with Crippen LogP contribution >= 0.6 is 0 Å². The molecule has 3 aromatic rings. The van der Waals surface area contributed by atoms with E-state index in [0.29, 0.717) is 48.4 Å². The van der Waals surface area contributed by atoms with Gasteiger partial charge in [-0.25, -0.2) is 9.78 Å². The minimum atomic E-state index is -0.348. The van der Waals surface area contributed by atoms with Crippen LogP contribution in [0.25, 0.3) is 11.2 Å². The van der Waals surface area contributed by atoms with Crippen molar-refractivity contribution >= 4 is 11.2 Å². The Morgan fingerprint density at radius 2 is 1.79 bits per heavy atom. The van der Waals surface area contributed by atoms with Crippen molar-refractivity contribution in [1.82, 2.24) is 18.7 Å². The number of imidazole rings is 1. The second-order valence-corrected chi connectivity index (χ2v) is 10.5. The Balaban J connectivity index is 1.61. The highest BCUT2D eigenvalue weighted by Crippen LogP contribution is 2.64. The van der Waals surface area contributed by atoms with Gasteiger partial charge in [0.25, 0.3) is 5.56 Å². The highest BCUT2D eigenvalue weighted by Gasteiger charge is 2.55.